The van der Waals surface area contributed by atoms with Gasteiger partial charge in [-0.25, -0.2) is 13.2 Å². The fourth-order valence-corrected chi connectivity index (χ4v) is 6.49. The van der Waals surface area contributed by atoms with E-state index < -0.39 is 21.8 Å². The van der Waals surface area contributed by atoms with Crippen LogP contribution in [0.25, 0.3) is 0 Å². The highest BCUT2D eigenvalue weighted by atomic mass is 32.2. The molecule has 0 aromatic heterocycles. The largest absolute Gasteiger partial charge is 0.444 e. The third-order valence-corrected chi connectivity index (χ3v) is 8.39. The van der Waals surface area contributed by atoms with Gasteiger partial charge in [-0.05, 0) is 55.1 Å². The van der Waals surface area contributed by atoms with Crippen molar-refractivity contribution in [2.75, 3.05) is 19.6 Å². The molecule has 9 nitrogen and oxygen atoms in total. The van der Waals surface area contributed by atoms with Crippen molar-refractivity contribution < 1.29 is 22.7 Å². The highest BCUT2D eigenvalue weighted by Gasteiger charge is 2.50. The van der Waals surface area contributed by atoms with E-state index in [1.807, 2.05) is 30.3 Å². The van der Waals surface area contributed by atoms with Gasteiger partial charge in [-0.3, -0.25) is 14.6 Å². The predicted molar refractivity (Wildman–Crippen MR) is 135 cm³/mol. The van der Waals surface area contributed by atoms with E-state index in [4.69, 9.17) is 4.74 Å². The average Bonchev–Trinajstić information content (AvgIpc) is 2.87. The molecular formula is C26H32N4O5S. The maximum Gasteiger partial charge on any atom is 0.414 e. The molecular weight excluding hydrogens is 480 g/mol. The van der Waals surface area contributed by atoms with Crippen LogP contribution in [0.3, 0.4) is 0 Å². The van der Waals surface area contributed by atoms with Crippen molar-refractivity contribution in [1.29, 1.82) is 0 Å². The molecule has 1 fully saturated rings. The van der Waals surface area contributed by atoms with E-state index in [-0.39, 0.29) is 37.3 Å². The number of carbonyl (C=O) groups is 2. The Morgan fingerprint density at radius 1 is 1.03 bits per heavy atom. The Labute approximate surface area is 212 Å². The second-order valence-electron chi connectivity index (χ2n) is 9.10. The van der Waals surface area contributed by atoms with Crippen molar-refractivity contribution in [3.8, 4) is 0 Å². The van der Waals surface area contributed by atoms with Crippen LogP contribution in [0.1, 0.15) is 31.4 Å². The van der Waals surface area contributed by atoms with E-state index in [0.717, 1.165) is 24.2 Å². The number of benzene rings is 2. The quantitative estimate of drug-likeness (QED) is 0.652. The summed E-state index contributed by atoms with van der Waals surface area (Å²) in [4.78, 5) is 29.0. The average molecular weight is 513 g/mol. The first kappa shape index (κ1) is 25.9. The number of amides is 2. The number of piperidine rings is 1. The van der Waals surface area contributed by atoms with Gasteiger partial charge >= 0.3 is 6.09 Å². The van der Waals surface area contributed by atoms with Crippen molar-refractivity contribution >= 4 is 22.0 Å². The molecule has 4 aliphatic heterocycles. The summed E-state index contributed by atoms with van der Waals surface area (Å²) in [6, 6.07) is 16.1. The minimum atomic E-state index is -3.87. The summed E-state index contributed by atoms with van der Waals surface area (Å²) in [5, 5.41) is 3.31. The van der Waals surface area contributed by atoms with Gasteiger partial charge in [0.25, 0.3) is 0 Å². The number of carbonyl (C=O) groups excluding carboxylic acids is 2. The summed E-state index contributed by atoms with van der Waals surface area (Å²) >= 11 is 0. The Hall–Kier alpha value is -3.21. The normalized spacial score (nSPS) is 23.5. The van der Waals surface area contributed by atoms with Crippen molar-refractivity contribution in [3.63, 3.8) is 0 Å². The zero-order chi connectivity index (χ0) is 24.5. The van der Waals surface area contributed by atoms with E-state index in [0.29, 0.717) is 19.3 Å². The number of hydrogen-bond acceptors (Lipinski definition) is 6. The fourth-order valence-electron chi connectivity index (χ4n) is 5.07. The number of sulfonamides is 1. The third-order valence-electron chi connectivity index (χ3n) is 6.87. The molecule has 192 valence electrons. The zero-order valence-corrected chi connectivity index (χ0v) is 20.0. The van der Waals surface area contributed by atoms with Crippen LogP contribution in [-0.4, -0.2) is 55.5 Å². The van der Waals surface area contributed by atoms with Gasteiger partial charge < -0.3 is 10.1 Å². The van der Waals surface area contributed by atoms with Gasteiger partial charge in [0.1, 0.15) is 18.8 Å². The molecule has 1 saturated heterocycles. The van der Waals surface area contributed by atoms with Crippen molar-refractivity contribution in [2.45, 2.75) is 43.9 Å². The van der Waals surface area contributed by atoms with Crippen molar-refractivity contribution in [1.82, 2.24) is 19.8 Å². The lowest BCUT2D eigenvalue weighted by Gasteiger charge is -2.50. The van der Waals surface area contributed by atoms with Crippen LogP contribution in [0.15, 0.2) is 71.9 Å². The number of nitrogens with one attached hydrogen (secondary N) is 2. The molecule has 1 atom stereocenters. The minimum Gasteiger partial charge on any atom is -0.444 e. The summed E-state index contributed by atoms with van der Waals surface area (Å²) in [5.74, 6) is -0.488. The van der Waals surface area contributed by atoms with E-state index >= 15 is 0 Å². The summed E-state index contributed by atoms with van der Waals surface area (Å²) < 4.78 is 34.8. The lowest BCUT2D eigenvalue weighted by atomic mass is 9.79. The Kier molecular flexibility index (Phi) is 7.49. The summed E-state index contributed by atoms with van der Waals surface area (Å²) in [5.41, 5.74) is 0.597. The second kappa shape index (κ2) is 10.4. The number of nitrogens with zero attached hydrogens (tertiary/aromatic N) is 2. The van der Waals surface area contributed by atoms with Gasteiger partial charge in [-0.1, -0.05) is 49.9 Å². The molecule has 0 spiro atoms. The van der Waals surface area contributed by atoms with Crippen LogP contribution in [0, 0.1) is 5.92 Å². The van der Waals surface area contributed by atoms with Gasteiger partial charge in [0, 0.05) is 18.8 Å². The first-order chi connectivity index (χ1) is 16.9. The minimum absolute atomic E-state index is 0. The smallest absolute Gasteiger partial charge is 0.414 e. The van der Waals surface area contributed by atoms with E-state index in [9.17, 15) is 18.0 Å². The van der Waals surface area contributed by atoms with Crippen LogP contribution in [0.5, 0.6) is 0 Å². The molecule has 4 heterocycles. The maximum atomic E-state index is 13.5. The topological polar surface area (TPSA) is 108 Å². The molecule has 2 N–H and O–H groups in total. The molecule has 0 aliphatic carbocycles. The first-order valence-electron chi connectivity index (χ1n) is 11.7. The summed E-state index contributed by atoms with van der Waals surface area (Å²) in [7, 11) is -3.87. The lowest BCUT2D eigenvalue weighted by Crippen LogP contribution is -2.68. The monoisotopic (exact) mass is 512 g/mol. The molecule has 2 aromatic carbocycles. The Balaban J connectivity index is 0.00000304. The number of hydrogen-bond donors (Lipinski definition) is 2. The number of ether oxygens (including phenoxy) is 1. The van der Waals surface area contributed by atoms with Crippen LogP contribution in [0.2, 0.25) is 0 Å². The highest BCUT2D eigenvalue weighted by molar-refractivity contribution is 7.89. The van der Waals surface area contributed by atoms with Gasteiger partial charge in [0.2, 0.25) is 15.9 Å². The first-order valence-corrected chi connectivity index (χ1v) is 13.2. The summed E-state index contributed by atoms with van der Waals surface area (Å²) in [6.07, 6.45) is 4.10. The molecule has 0 radical (unpaired) electrons. The summed E-state index contributed by atoms with van der Waals surface area (Å²) in [6.45, 7) is 1.32. The molecule has 2 amide bonds. The molecule has 6 rings (SSSR count). The molecule has 1 unspecified atom stereocenters. The lowest BCUT2D eigenvalue weighted by molar-refractivity contribution is -0.139. The predicted octanol–water partition coefficient (Wildman–Crippen LogP) is 2.81. The highest BCUT2D eigenvalue weighted by Crippen LogP contribution is 2.37. The number of rotatable bonds is 4. The SMILES string of the molecule is C.O=C(OCc1ccccc1)N1C=CN(C2(C3CCNCC3)Cc3ccc(cc3)S(=O)(=O)N2)C(=O)C1. The third kappa shape index (κ3) is 5.02. The van der Waals surface area contributed by atoms with Crippen LogP contribution in [0.4, 0.5) is 4.79 Å². The van der Waals surface area contributed by atoms with E-state index in [2.05, 4.69) is 10.0 Å². The number of fused-ring (bicyclic) bond motifs is 5. The van der Waals surface area contributed by atoms with Crippen LogP contribution in [-0.2, 0) is 32.6 Å². The van der Waals surface area contributed by atoms with Gasteiger partial charge in [0.05, 0.1) is 4.90 Å². The standard InChI is InChI=1S/C25H28N4O5S.CH4/c30-23-17-28(24(31)34-18-20-4-2-1-3-5-20)14-15-29(23)25(21-10-12-26-13-11-21)16-19-6-8-22(9-7-19)35(32,33)27-25;/h1-9,14-15,21,26-27H,10-13,16-18H2;1H4. The molecule has 2 bridgehead atoms. The fraction of sp³-hybridized carbons (Fsp3) is 0.385. The Morgan fingerprint density at radius 3 is 2.39 bits per heavy atom. The molecule has 10 heteroatoms. The molecule has 36 heavy (non-hydrogen) atoms. The van der Waals surface area contributed by atoms with E-state index in [1.165, 1.54) is 22.2 Å². The van der Waals surface area contributed by atoms with Gasteiger partial charge in [0.15, 0.2) is 0 Å². The van der Waals surface area contributed by atoms with Crippen LogP contribution >= 0.6 is 0 Å². The zero-order valence-electron chi connectivity index (χ0n) is 19.2. The van der Waals surface area contributed by atoms with Crippen molar-refractivity contribution in [3.05, 3.63) is 78.1 Å². The van der Waals surface area contributed by atoms with Crippen molar-refractivity contribution in [2.24, 2.45) is 5.92 Å². The second-order valence-corrected chi connectivity index (χ2v) is 10.8. The Bertz CT molecular complexity index is 1230. The van der Waals surface area contributed by atoms with Gasteiger partial charge in [-0.2, -0.15) is 4.72 Å². The molecule has 2 aromatic rings. The van der Waals surface area contributed by atoms with E-state index in [1.54, 1.807) is 24.3 Å². The Morgan fingerprint density at radius 2 is 1.72 bits per heavy atom. The van der Waals surface area contributed by atoms with Crippen LogP contribution < -0.4 is 10.0 Å². The molecule has 4 aliphatic rings. The maximum absolute atomic E-state index is 13.5. The molecule has 0 saturated carbocycles. The van der Waals surface area contributed by atoms with Gasteiger partial charge in [-0.15, -0.1) is 0 Å².